The smallest absolute Gasteiger partial charge is 0.235 e. The fraction of sp³-hybridized carbons (Fsp3) is 0.889. The summed E-state index contributed by atoms with van der Waals surface area (Å²) in [6.45, 7) is 5.94. The minimum absolute atomic E-state index is 0.247. The summed E-state index contributed by atoms with van der Waals surface area (Å²) in [5.74, 6) is 0.313. The molecule has 0 aromatic heterocycles. The van der Waals surface area contributed by atoms with Gasteiger partial charge in [0.05, 0.1) is 6.04 Å². The molecule has 0 rings (SSSR count). The number of nitrogens with one attached hydrogen (secondary N) is 1. The molecule has 0 aliphatic heterocycles. The molecule has 4 nitrogen and oxygen atoms in total. The monoisotopic (exact) mass is 187 g/mol. The van der Waals surface area contributed by atoms with Crippen molar-refractivity contribution in [2.24, 2.45) is 11.7 Å². The van der Waals surface area contributed by atoms with Crippen molar-refractivity contribution in [1.82, 2.24) is 10.2 Å². The van der Waals surface area contributed by atoms with Crippen LogP contribution in [0.4, 0.5) is 0 Å². The summed E-state index contributed by atoms with van der Waals surface area (Å²) < 4.78 is 0. The van der Waals surface area contributed by atoms with E-state index in [1.54, 1.807) is 7.05 Å². The van der Waals surface area contributed by atoms with Gasteiger partial charge in [-0.05, 0) is 20.0 Å². The van der Waals surface area contributed by atoms with Gasteiger partial charge in [0.2, 0.25) is 5.91 Å². The number of hydrogen-bond acceptors (Lipinski definition) is 3. The molecule has 13 heavy (non-hydrogen) atoms. The highest BCUT2D eigenvalue weighted by Gasteiger charge is 2.15. The van der Waals surface area contributed by atoms with E-state index in [-0.39, 0.29) is 11.9 Å². The van der Waals surface area contributed by atoms with Crippen LogP contribution in [0.25, 0.3) is 0 Å². The standard InChI is InChI=1S/C9H21N3O/c1-7(2)5-12(4)6-8(11-3)9(10)13/h7-8,11H,5-6H2,1-4H3,(H2,10,13). The van der Waals surface area contributed by atoms with Gasteiger partial charge in [-0.2, -0.15) is 0 Å². The van der Waals surface area contributed by atoms with E-state index in [2.05, 4.69) is 24.1 Å². The number of hydrogen-bond donors (Lipinski definition) is 2. The van der Waals surface area contributed by atoms with Gasteiger partial charge in [0.25, 0.3) is 0 Å². The van der Waals surface area contributed by atoms with Crippen LogP contribution in [0.5, 0.6) is 0 Å². The van der Waals surface area contributed by atoms with Crippen molar-refractivity contribution in [2.75, 3.05) is 27.2 Å². The summed E-state index contributed by atoms with van der Waals surface area (Å²) in [4.78, 5) is 13.0. The predicted molar refractivity (Wildman–Crippen MR) is 54.4 cm³/mol. The zero-order chi connectivity index (χ0) is 10.4. The third-order valence-electron chi connectivity index (χ3n) is 1.86. The first-order valence-electron chi connectivity index (χ1n) is 4.62. The van der Waals surface area contributed by atoms with Crippen LogP contribution >= 0.6 is 0 Å². The Balaban J connectivity index is 3.86. The molecule has 1 amide bonds. The van der Waals surface area contributed by atoms with E-state index in [9.17, 15) is 4.79 Å². The van der Waals surface area contributed by atoms with Crippen LogP contribution in [0.1, 0.15) is 13.8 Å². The van der Waals surface area contributed by atoms with Gasteiger partial charge in [0.1, 0.15) is 0 Å². The maximum absolute atomic E-state index is 10.9. The summed E-state index contributed by atoms with van der Waals surface area (Å²) in [7, 11) is 3.74. The lowest BCUT2D eigenvalue weighted by atomic mass is 10.2. The Labute approximate surface area is 80.5 Å². The second-order valence-electron chi connectivity index (χ2n) is 3.86. The molecule has 78 valence electrons. The molecular weight excluding hydrogens is 166 g/mol. The van der Waals surface area contributed by atoms with Crippen molar-refractivity contribution in [2.45, 2.75) is 19.9 Å². The first kappa shape index (κ1) is 12.4. The Morgan fingerprint density at radius 2 is 2.00 bits per heavy atom. The van der Waals surface area contributed by atoms with Crippen molar-refractivity contribution < 1.29 is 4.79 Å². The Hall–Kier alpha value is -0.610. The van der Waals surface area contributed by atoms with Gasteiger partial charge in [-0.1, -0.05) is 13.8 Å². The molecule has 0 saturated carbocycles. The summed E-state index contributed by atoms with van der Waals surface area (Å²) in [6.07, 6.45) is 0. The number of amides is 1. The third-order valence-corrected chi connectivity index (χ3v) is 1.86. The lowest BCUT2D eigenvalue weighted by molar-refractivity contribution is -0.120. The first-order chi connectivity index (χ1) is 5.97. The van der Waals surface area contributed by atoms with Crippen LogP contribution in [0.15, 0.2) is 0 Å². The number of carbonyl (C=O) groups is 1. The minimum Gasteiger partial charge on any atom is -0.368 e. The zero-order valence-corrected chi connectivity index (χ0v) is 9.00. The van der Waals surface area contributed by atoms with Gasteiger partial charge in [-0.15, -0.1) is 0 Å². The highest BCUT2D eigenvalue weighted by Crippen LogP contribution is 1.96. The number of nitrogens with two attached hydrogens (primary N) is 1. The van der Waals surface area contributed by atoms with Crippen molar-refractivity contribution in [1.29, 1.82) is 0 Å². The molecule has 0 fully saturated rings. The van der Waals surface area contributed by atoms with Crippen LogP contribution in [0, 0.1) is 5.92 Å². The average molecular weight is 187 g/mol. The molecule has 0 aromatic carbocycles. The number of rotatable bonds is 6. The fourth-order valence-corrected chi connectivity index (χ4v) is 1.33. The van der Waals surface area contributed by atoms with Crippen molar-refractivity contribution in [3.05, 3.63) is 0 Å². The fourth-order valence-electron chi connectivity index (χ4n) is 1.33. The molecule has 0 aromatic rings. The lowest BCUT2D eigenvalue weighted by Gasteiger charge is -2.23. The van der Waals surface area contributed by atoms with E-state index in [4.69, 9.17) is 5.73 Å². The molecule has 0 aliphatic rings. The second kappa shape index (κ2) is 5.94. The lowest BCUT2D eigenvalue weighted by Crippen LogP contribution is -2.47. The normalized spacial score (nSPS) is 13.7. The molecule has 1 unspecified atom stereocenters. The molecule has 1 atom stereocenters. The quantitative estimate of drug-likeness (QED) is 0.597. The molecule has 0 heterocycles. The molecule has 0 bridgehead atoms. The van der Waals surface area contributed by atoms with E-state index in [0.717, 1.165) is 6.54 Å². The van der Waals surface area contributed by atoms with Crippen molar-refractivity contribution in [3.63, 3.8) is 0 Å². The Kier molecular flexibility index (Phi) is 5.66. The van der Waals surface area contributed by atoms with Gasteiger partial charge in [-0.25, -0.2) is 0 Å². The summed E-state index contributed by atoms with van der Waals surface area (Å²) in [5.41, 5.74) is 5.20. The largest absolute Gasteiger partial charge is 0.368 e. The van der Waals surface area contributed by atoms with Gasteiger partial charge >= 0.3 is 0 Å². The predicted octanol–water partition coefficient (Wildman–Crippen LogP) is -0.352. The molecule has 0 aliphatic carbocycles. The topological polar surface area (TPSA) is 58.4 Å². The number of nitrogens with zero attached hydrogens (tertiary/aromatic N) is 1. The van der Waals surface area contributed by atoms with Crippen LogP contribution in [0.2, 0.25) is 0 Å². The highest BCUT2D eigenvalue weighted by atomic mass is 16.1. The van der Waals surface area contributed by atoms with E-state index >= 15 is 0 Å². The Bertz CT molecular complexity index is 159. The van der Waals surface area contributed by atoms with Crippen LogP contribution in [-0.4, -0.2) is 44.0 Å². The van der Waals surface area contributed by atoms with Crippen LogP contribution in [0.3, 0.4) is 0 Å². The van der Waals surface area contributed by atoms with E-state index < -0.39 is 0 Å². The molecule has 0 spiro atoms. The summed E-state index contributed by atoms with van der Waals surface area (Å²) in [6, 6.07) is -0.247. The van der Waals surface area contributed by atoms with E-state index in [1.165, 1.54) is 0 Å². The molecule has 4 heteroatoms. The average Bonchev–Trinajstić information content (AvgIpc) is 1.98. The van der Waals surface area contributed by atoms with Gasteiger partial charge in [0.15, 0.2) is 0 Å². The number of primary amides is 1. The maximum Gasteiger partial charge on any atom is 0.235 e. The summed E-state index contributed by atoms with van der Waals surface area (Å²) >= 11 is 0. The number of likely N-dealkylation sites (N-methyl/N-ethyl adjacent to an activating group) is 2. The molecule has 0 saturated heterocycles. The van der Waals surface area contributed by atoms with Crippen molar-refractivity contribution in [3.8, 4) is 0 Å². The van der Waals surface area contributed by atoms with Crippen LogP contribution in [-0.2, 0) is 4.79 Å². The number of carbonyl (C=O) groups excluding carboxylic acids is 1. The summed E-state index contributed by atoms with van der Waals surface area (Å²) in [5, 5.41) is 2.89. The third kappa shape index (κ3) is 5.60. The zero-order valence-electron chi connectivity index (χ0n) is 9.00. The minimum atomic E-state index is -0.293. The maximum atomic E-state index is 10.9. The van der Waals surface area contributed by atoms with Crippen molar-refractivity contribution >= 4 is 5.91 Å². The first-order valence-corrected chi connectivity index (χ1v) is 4.62. The van der Waals surface area contributed by atoms with Gasteiger partial charge in [0, 0.05) is 13.1 Å². The molecular formula is C9H21N3O. The van der Waals surface area contributed by atoms with Gasteiger partial charge < -0.3 is 16.0 Å². The van der Waals surface area contributed by atoms with E-state index in [1.807, 2.05) is 7.05 Å². The van der Waals surface area contributed by atoms with Crippen LogP contribution < -0.4 is 11.1 Å². The SMILES string of the molecule is CNC(CN(C)CC(C)C)C(N)=O. The van der Waals surface area contributed by atoms with E-state index in [0.29, 0.717) is 12.5 Å². The Morgan fingerprint density at radius 3 is 2.31 bits per heavy atom. The Morgan fingerprint density at radius 1 is 1.46 bits per heavy atom. The highest BCUT2D eigenvalue weighted by molar-refractivity contribution is 5.80. The molecule has 3 N–H and O–H groups in total. The van der Waals surface area contributed by atoms with Gasteiger partial charge in [-0.3, -0.25) is 4.79 Å². The molecule has 0 radical (unpaired) electrons. The second-order valence-corrected chi connectivity index (χ2v) is 3.86.